The summed E-state index contributed by atoms with van der Waals surface area (Å²) in [6.07, 6.45) is 12.0. The summed E-state index contributed by atoms with van der Waals surface area (Å²) < 4.78 is 0. The lowest BCUT2D eigenvalue weighted by Crippen LogP contribution is -2.28. The number of rotatable bonds is 8. The molecule has 9 aromatic carbocycles. The largest absolute Gasteiger partial charge is 0.311 e. The van der Waals surface area contributed by atoms with Crippen LogP contribution in [0.4, 0.5) is 28.4 Å². The van der Waals surface area contributed by atoms with Crippen LogP contribution in [-0.4, -0.2) is 0 Å². The number of anilines is 5. The van der Waals surface area contributed by atoms with Crippen LogP contribution in [0, 0.1) is 5.92 Å². The first-order valence-corrected chi connectivity index (χ1v) is 23.4. The zero-order valence-electron chi connectivity index (χ0n) is 38.0. The van der Waals surface area contributed by atoms with E-state index in [0.717, 1.165) is 22.7 Å². The van der Waals surface area contributed by atoms with Gasteiger partial charge in [-0.1, -0.05) is 192 Å². The summed E-state index contributed by atoms with van der Waals surface area (Å²) in [5, 5.41) is 4.98. The molecule has 0 bridgehead atoms. The number of hydrogen-bond donors (Lipinski definition) is 0. The van der Waals surface area contributed by atoms with Crippen LogP contribution in [0.2, 0.25) is 0 Å². The van der Waals surface area contributed by atoms with Crippen LogP contribution in [0.25, 0.3) is 44.8 Å². The Morgan fingerprint density at radius 2 is 0.894 bits per heavy atom. The Morgan fingerprint density at radius 1 is 0.409 bits per heavy atom. The molecular weight excluding hydrogens is 797 g/mol. The van der Waals surface area contributed by atoms with Crippen LogP contribution in [0.1, 0.15) is 67.0 Å². The van der Waals surface area contributed by atoms with Crippen molar-refractivity contribution in [3.63, 3.8) is 0 Å². The molecule has 0 aromatic heterocycles. The standard InChI is InChI=1S/C64H52N2/c1-63(2)59-37-43(25-33-55(59)57-35-31-53(41-61(57)63)65(49-19-7-5-8-20-49)51-29-27-45-15-11-13-17-47(45)39-51)23-24-44-26-34-56-58-36-32-54(42-62(58)64(3,4)60(56)38-44)66(50-21-9-6-10-22-50)52-30-28-46-16-12-14-18-48(46)40-52/h5-42,57,61H,1-4H3/b24-23+. The summed E-state index contributed by atoms with van der Waals surface area (Å²) in [7, 11) is 0. The quantitative estimate of drug-likeness (QED) is 0.141. The van der Waals surface area contributed by atoms with Gasteiger partial charge >= 0.3 is 0 Å². The molecule has 9 aromatic rings. The van der Waals surface area contributed by atoms with Gasteiger partial charge in [0.15, 0.2) is 0 Å². The van der Waals surface area contributed by atoms with Crippen molar-refractivity contribution in [1.29, 1.82) is 0 Å². The average Bonchev–Trinajstić information content (AvgIpc) is 3.72. The fourth-order valence-corrected chi connectivity index (χ4v) is 11.3. The molecule has 12 rings (SSSR count). The SMILES string of the molecule is CC1(C)c2cc(/C=C/c3ccc4c(c3)C(C)(C)C3C=C(N(c5ccccc5)c5ccc6ccccc6c5)C=CC43)ccc2-c2ccc(N(c3ccccc3)c3ccc4ccccc4c3)cc21. The molecular formula is C64H52N2. The summed E-state index contributed by atoms with van der Waals surface area (Å²) in [6.45, 7) is 9.64. The molecule has 3 aliphatic carbocycles. The zero-order valence-corrected chi connectivity index (χ0v) is 38.0. The fraction of sp³-hybridized carbons (Fsp3) is 0.125. The minimum absolute atomic E-state index is 0.0573. The topological polar surface area (TPSA) is 6.48 Å². The van der Waals surface area contributed by atoms with Gasteiger partial charge in [0.1, 0.15) is 0 Å². The predicted molar refractivity (Wildman–Crippen MR) is 281 cm³/mol. The molecule has 318 valence electrons. The summed E-state index contributed by atoms with van der Waals surface area (Å²) in [5.41, 5.74) is 17.5. The Kier molecular flexibility index (Phi) is 9.36. The highest BCUT2D eigenvalue weighted by atomic mass is 15.2. The molecule has 0 radical (unpaired) electrons. The predicted octanol–water partition coefficient (Wildman–Crippen LogP) is 17.2. The highest BCUT2D eigenvalue weighted by Gasteiger charge is 2.45. The number of nitrogens with zero attached hydrogens (tertiary/aromatic N) is 2. The minimum atomic E-state index is -0.172. The van der Waals surface area contributed by atoms with Crippen molar-refractivity contribution in [2.45, 2.75) is 44.4 Å². The van der Waals surface area contributed by atoms with Gasteiger partial charge in [0, 0.05) is 45.5 Å². The Balaban J connectivity index is 0.832. The lowest BCUT2D eigenvalue weighted by atomic mass is 9.74. The Bertz CT molecular complexity index is 3440. The second-order valence-electron chi connectivity index (χ2n) is 19.5. The van der Waals surface area contributed by atoms with Gasteiger partial charge in [-0.15, -0.1) is 0 Å². The van der Waals surface area contributed by atoms with Crippen molar-refractivity contribution in [2.24, 2.45) is 5.92 Å². The van der Waals surface area contributed by atoms with Gasteiger partial charge in [-0.25, -0.2) is 0 Å². The highest BCUT2D eigenvalue weighted by molar-refractivity contribution is 5.92. The normalized spacial score (nSPS) is 17.3. The van der Waals surface area contributed by atoms with Crippen LogP contribution >= 0.6 is 0 Å². The maximum atomic E-state index is 2.54. The van der Waals surface area contributed by atoms with E-state index in [9.17, 15) is 0 Å². The molecule has 2 nitrogen and oxygen atoms in total. The summed E-state index contributed by atoms with van der Waals surface area (Å²) in [6, 6.07) is 73.6. The molecule has 0 N–H and O–H groups in total. The summed E-state index contributed by atoms with van der Waals surface area (Å²) >= 11 is 0. The molecule has 0 saturated heterocycles. The first kappa shape index (κ1) is 39.9. The van der Waals surface area contributed by atoms with Gasteiger partial charge in [-0.05, 0) is 144 Å². The average molecular weight is 849 g/mol. The number of hydrogen-bond acceptors (Lipinski definition) is 2. The number of para-hydroxylation sites is 2. The molecule has 0 heterocycles. The van der Waals surface area contributed by atoms with E-state index in [2.05, 4.69) is 268 Å². The molecule has 0 spiro atoms. The van der Waals surface area contributed by atoms with Gasteiger partial charge in [0.25, 0.3) is 0 Å². The van der Waals surface area contributed by atoms with Crippen molar-refractivity contribution in [3.8, 4) is 11.1 Å². The molecule has 2 unspecified atom stereocenters. The van der Waals surface area contributed by atoms with Gasteiger partial charge < -0.3 is 9.80 Å². The second-order valence-corrected chi connectivity index (χ2v) is 19.5. The lowest BCUT2D eigenvalue weighted by Gasteiger charge is -2.34. The maximum Gasteiger partial charge on any atom is 0.0468 e. The van der Waals surface area contributed by atoms with Crippen molar-refractivity contribution < 1.29 is 0 Å². The Labute approximate surface area is 389 Å². The zero-order chi connectivity index (χ0) is 44.6. The Morgan fingerprint density at radius 3 is 1.53 bits per heavy atom. The van der Waals surface area contributed by atoms with E-state index in [4.69, 9.17) is 0 Å². The van der Waals surface area contributed by atoms with Crippen molar-refractivity contribution in [3.05, 3.63) is 257 Å². The molecule has 3 aliphatic rings. The third-order valence-electron chi connectivity index (χ3n) is 14.9. The van der Waals surface area contributed by atoms with E-state index >= 15 is 0 Å². The first-order valence-electron chi connectivity index (χ1n) is 23.4. The number of allylic oxidation sites excluding steroid dienone is 3. The Hall–Kier alpha value is -7.68. The van der Waals surface area contributed by atoms with Crippen LogP contribution in [0.5, 0.6) is 0 Å². The van der Waals surface area contributed by atoms with Crippen LogP contribution < -0.4 is 9.80 Å². The van der Waals surface area contributed by atoms with E-state index in [1.54, 1.807) is 0 Å². The van der Waals surface area contributed by atoms with E-state index in [1.165, 1.54) is 77.4 Å². The fourth-order valence-electron chi connectivity index (χ4n) is 11.3. The molecule has 0 aliphatic heterocycles. The monoisotopic (exact) mass is 848 g/mol. The van der Waals surface area contributed by atoms with Crippen LogP contribution in [0.3, 0.4) is 0 Å². The highest BCUT2D eigenvalue weighted by Crippen LogP contribution is 2.55. The molecule has 2 atom stereocenters. The molecule has 0 amide bonds. The summed E-state index contributed by atoms with van der Waals surface area (Å²) in [5.74, 6) is 0.659. The number of benzene rings is 9. The van der Waals surface area contributed by atoms with Crippen molar-refractivity contribution >= 4 is 62.1 Å². The van der Waals surface area contributed by atoms with Gasteiger partial charge in [-0.2, -0.15) is 0 Å². The van der Waals surface area contributed by atoms with Gasteiger partial charge in [0.05, 0.1) is 0 Å². The van der Waals surface area contributed by atoms with E-state index in [-0.39, 0.29) is 10.8 Å². The molecule has 0 fully saturated rings. The second kappa shape index (κ2) is 15.5. The molecule has 66 heavy (non-hydrogen) atoms. The van der Waals surface area contributed by atoms with Crippen molar-refractivity contribution in [2.75, 3.05) is 9.80 Å². The van der Waals surface area contributed by atoms with Gasteiger partial charge in [0.2, 0.25) is 0 Å². The maximum absolute atomic E-state index is 2.54. The molecule has 0 saturated carbocycles. The van der Waals surface area contributed by atoms with Gasteiger partial charge in [-0.3, -0.25) is 0 Å². The van der Waals surface area contributed by atoms with Crippen molar-refractivity contribution in [1.82, 2.24) is 0 Å². The third-order valence-corrected chi connectivity index (χ3v) is 14.9. The lowest BCUT2D eigenvalue weighted by molar-refractivity contribution is 0.392. The summed E-state index contributed by atoms with van der Waals surface area (Å²) in [4.78, 5) is 4.82. The van der Waals surface area contributed by atoms with E-state index in [1.807, 2.05) is 0 Å². The van der Waals surface area contributed by atoms with Crippen LogP contribution in [0.15, 0.2) is 224 Å². The first-order chi connectivity index (χ1) is 32.2. The smallest absolute Gasteiger partial charge is 0.0468 e. The van der Waals surface area contributed by atoms with E-state index < -0.39 is 0 Å². The minimum Gasteiger partial charge on any atom is -0.311 e. The molecule has 2 heteroatoms. The number of fused-ring (bicyclic) bond motifs is 8. The van der Waals surface area contributed by atoms with E-state index in [0.29, 0.717) is 11.8 Å². The third kappa shape index (κ3) is 6.62. The van der Waals surface area contributed by atoms with Crippen LogP contribution in [-0.2, 0) is 10.8 Å².